The number of phenolic OH excluding ortho intramolecular Hbond substituents is 1. The summed E-state index contributed by atoms with van der Waals surface area (Å²) in [6.45, 7) is 0. The molecule has 0 heterocycles. The third-order valence-corrected chi connectivity index (χ3v) is 3.13. The van der Waals surface area contributed by atoms with Crippen LogP contribution in [0.25, 0.3) is 0 Å². The van der Waals surface area contributed by atoms with Crippen molar-refractivity contribution in [3.63, 3.8) is 0 Å². The molecular formula is C15H20N2O4+2. The van der Waals surface area contributed by atoms with Gasteiger partial charge in [-0.25, -0.2) is 4.84 Å². The second-order valence-corrected chi connectivity index (χ2v) is 4.41. The van der Waals surface area contributed by atoms with Gasteiger partial charge in [0, 0.05) is 16.9 Å². The number of methoxy groups -OCH3 is 1. The van der Waals surface area contributed by atoms with Crippen molar-refractivity contribution in [2.24, 2.45) is 0 Å². The average Bonchev–Trinajstić information content (AvgIpc) is 2.51. The summed E-state index contributed by atoms with van der Waals surface area (Å²) < 4.78 is 6.84. The summed E-state index contributed by atoms with van der Waals surface area (Å²) in [4.78, 5) is 10.5. The number of para-hydroxylation sites is 1. The number of allylic oxidation sites excluding steroid dienone is 4. The van der Waals surface area contributed by atoms with Crippen LogP contribution in [0.1, 0.15) is 6.42 Å². The van der Waals surface area contributed by atoms with Gasteiger partial charge in [-0.3, -0.25) is 4.84 Å². The number of nitrogens with two attached hydrogens (primary N) is 1. The summed E-state index contributed by atoms with van der Waals surface area (Å²) in [7, 11) is 4.74. The van der Waals surface area contributed by atoms with Crippen LogP contribution in [0.4, 0.5) is 11.4 Å². The van der Waals surface area contributed by atoms with E-state index in [0.717, 1.165) is 11.5 Å². The zero-order valence-electron chi connectivity index (χ0n) is 12.4. The smallest absolute Gasteiger partial charge is 0.361 e. The van der Waals surface area contributed by atoms with Crippen molar-refractivity contribution in [3.8, 4) is 5.75 Å². The lowest BCUT2D eigenvalue weighted by molar-refractivity contribution is -0.835. The molecule has 0 bridgehead atoms. The molecule has 6 nitrogen and oxygen atoms in total. The molecule has 2 rings (SSSR count). The van der Waals surface area contributed by atoms with Gasteiger partial charge in [0.25, 0.3) is 0 Å². The molecule has 0 radical (unpaired) electrons. The van der Waals surface area contributed by atoms with Crippen molar-refractivity contribution < 1.29 is 29.7 Å². The van der Waals surface area contributed by atoms with Gasteiger partial charge in [-0.1, -0.05) is 12.1 Å². The van der Waals surface area contributed by atoms with E-state index in [-0.39, 0.29) is 5.75 Å². The third kappa shape index (κ3) is 3.24. The van der Waals surface area contributed by atoms with Crippen LogP contribution in [0, 0.1) is 0 Å². The fourth-order valence-electron chi connectivity index (χ4n) is 2.19. The van der Waals surface area contributed by atoms with E-state index in [1.165, 1.54) is 0 Å². The second kappa shape index (κ2) is 6.92. The van der Waals surface area contributed by atoms with Gasteiger partial charge in [0.05, 0.1) is 20.6 Å². The highest BCUT2D eigenvalue weighted by Gasteiger charge is 2.30. The first kappa shape index (κ1) is 15.1. The molecule has 1 aromatic rings. The van der Waals surface area contributed by atoms with E-state index in [2.05, 4.69) is 0 Å². The largest absolute Gasteiger partial charge is 0.502 e. The molecule has 1 aromatic carbocycles. The first-order valence-electron chi connectivity index (χ1n) is 6.50. The molecule has 0 unspecified atom stereocenters. The Morgan fingerprint density at radius 1 is 1.24 bits per heavy atom. The molecule has 0 aromatic heterocycles. The molecule has 1 aliphatic carbocycles. The number of ether oxygens (including phenoxy) is 1. The van der Waals surface area contributed by atoms with Crippen molar-refractivity contribution in [1.29, 1.82) is 0 Å². The van der Waals surface area contributed by atoms with Gasteiger partial charge in [-0.15, -0.1) is 0 Å². The molecule has 21 heavy (non-hydrogen) atoms. The van der Waals surface area contributed by atoms with Crippen LogP contribution >= 0.6 is 0 Å². The van der Waals surface area contributed by atoms with E-state index >= 15 is 0 Å². The highest BCUT2D eigenvalue weighted by molar-refractivity contribution is 5.94. The van der Waals surface area contributed by atoms with Gasteiger partial charge in [-0.2, -0.15) is 5.48 Å². The Morgan fingerprint density at radius 2 is 2.05 bits per heavy atom. The summed E-state index contributed by atoms with van der Waals surface area (Å²) in [6, 6.07) is 5.19. The third-order valence-electron chi connectivity index (χ3n) is 3.13. The molecule has 0 saturated carbocycles. The monoisotopic (exact) mass is 292 g/mol. The lowest BCUT2D eigenvalue weighted by Gasteiger charge is -2.10. The summed E-state index contributed by atoms with van der Waals surface area (Å²) in [5.74, 6) is 0.930. The van der Waals surface area contributed by atoms with Crippen LogP contribution in [-0.2, 0) is 14.4 Å². The van der Waals surface area contributed by atoms with E-state index < -0.39 is 0 Å². The zero-order valence-corrected chi connectivity index (χ0v) is 12.4. The van der Waals surface area contributed by atoms with E-state index in [9.17, 15) is 5.11 Å². The Morgan fingerprint density at radius 3 is 2.71 bits per heavy atom. The number of benzene rings is 1. The van der Waals surface area contributed by atoms with Crippen LogP contribution in [0.5, 0.6) is 5.75 Å². The molecule has 6 heteroatoms. The van der Waals surface area contributed by atoms with Crippen LogP contribution in [0.3, 0.4) is 0 Å². The molecular weight excluding hydrogens is 272 g/mol. The Labute approximate surface area is 123 Å². The molecule has 0 aliphatic heterocycles. The van der Waals surface area contributed by atoms with Gasteiger partial charge in [0.1, 0.15) is 12.9 Å². The standard InChI is InChI=1S/C15H18N2O4/c1-19-12-7-4-6-11(10-12)17(21-3)15-13(16-20-2)8-5-9-14(15)18/h4-9,16H,10H2,1-3H3/p+2/b17-11+. The lowest BCUT2D eigenvalue weighted by Crippen LogP contribution is -2.76. The lowest BCUT2D eigenvalue weighted by atomic mass is 10.1. The highest BCUT2D eigenvalue weighted by atomic mass is 16.7. The minimum Gasteiger partial charge on any atom is -0.502 e. The summed E-state index contributed by atoms with van der Waals surface area (Å²) >= 11 is 0. The maximum absolute atomic E-state index is 10.2. The number of nitrogens with zero attached hydrogens (tertiary/aromatic N) is 1. The summed E-state index contributed by atoms with van der Waals surface area (Å²) in [6.07, 6.45) is 6.25. The Bertz CT molecular complexity index is 606. The van der Waals surface area contributed by atoms with Crippen LogP contribution in [-0.4, -0.2) is 36.9 Å². The van der Waals surface area contributed by atoms with Gasteiger partial charge in [-0.05, 0) is 12.1 Å². The fourth-order valence-corrected chi connectivity index (χ4v) is 2.19. The minimum absolute atomic E-state index is 0.108. The normalized spacial score (nSPS) is 16.4. The van der Waals surface area contributed by atoms with Gasteiger partial charge < -0.3 is 9.84 Å². The predicted octanol–water partition coefficient (Wildman–Crippen LogP) is 1.29. The summed E-state index contributed by atoms with van der Waals surface area (Å²) in [5, 5.41) is 10.2. The molecule has 1 aliphatic rings. The molecule has 112 valence electrons. The SMILES string of the molecule is CO[NH2+]c1cccc(O)c1/[N+](OC)=C1/C=CC=C(OC)C1. The minimum atomic E-state index is 0.108. The summed E-state index contributed by atoms with van der Waals surface area (Å²) in [5.41, 5.74) is 3.65. The van der Waals surface area contributed by atoms with Crippen LogP contribution in [0.2, 0.25) is 0 Å². The molecule has 0 fully saturated rings. The molecule has 0 saturated heterocycles. The Kier molecular flexibility index (Phi) is 4.97. The van der Waals surface area contributed by atoms with Crippen LogP contribution in [0.15, 0.2) is 42.2 Å². The van der Waals surface area contributed by atoms with Crippen LogP contribution < -0.4 is 5.48 Å². The maximum Gasteiger partial charge on any atom is 0.361 e. The van der Waals surface area contributed by atoms with Crippen molar-refractivity contribution >= 4 is 17.1 Å². The van der Waals surface area contributed by atoms with Gasteiger partial charge in [0.15, 0.2) is 5.75 Å². The molecule has 0 amide bonds. The maximum atomic E-state index is 10.2. The number of aromatic hydroxyl groups is 1. The Balaban J connectivity index is 2.52. The zero-order chi connectivity index (χ0) is 15.2. The molecule has 0 spiro atoms. The first-order valence-corrected chi connectivity index (χ1v) is 6.50. The second-order valence-electron chi connectivity index (χ2n) is 4.41. The first-order chi connectivity index (χ1) is 10.2. The molecule has 0 atom stereocenters. The highest BCUT2D eigenvalue weighted by Crippen LogP contribution is 2.32. The quantitative estimate of drug-likeness (QED) is 0.487. The number of hydrogen-bond acceptors (Lipinski definition) is 4. The number of rotatable bonds is 5. The fraction of sp³-hybridized carbons (Fsp3) is 0.267. The number of phenols is 1. The van der Waals surface area contributed by atoms with Crippen molar-refractivity contribution in [2.45, 2.75) is 6.42 Å². The predicted molar refractivity (Wildman–Crippen MR) is 77.5 cm³/mol. The van der Waals surface area contributed by atoms with E-state index in [0.29, 0.717) is 17.8 Å². The number of quaternary nitrogens is 1. The number of hydrogen-bond donors (Lipinski definition) is 2. The average molecular weight is 292 g/mol. The van der Waals surface area contributed by atoms with E-state index in [1.54, 1.807) is 43.7 Å². The molecule has 3 N–H and O–H groups in total. The van der Waals surface area contributed by atoms with Crippen molar-refractivity contribution in [2.75, 3.05) is 21.3 Å². The topological polar surface area (TPSA) is 67.5 Å². The van der Waals surface area contributed by atoms with E-state index in [4.69, 9.17) is 14.4 Å². The van der Waals surface area contributed by atoms with Gasteiger partial charge in [0.2, 0.25) is 11.4 Å². The van der Waals surface area contributed by atoms with Crippen molar-refractivity contribution in [1.82, 2.24) is 0 Å². The Hall–Kier alpha value is -2.31. The van der Waals surface area contributed by atoms with Crippen molar-refractivity contribution in [3.05, 3.63) is 42.2 Å². The van der Waals surface area contributed by atoms with Gasteiger partial charge >= 0.3 is 5.69 Å². The van der Waals surface area contributed by atoms with E-state index in [1.807, 2.05) is 24.3 Å².